The van der Waals surface area contributed by atoms with Crippen molar-refractivity contribution in [3.05, 3.63) is 93.0 Å². The molecular weight excluding hydrogens is 630 g/mol. The van der Waals surface area contributed by atoms with Crippen molar-refractivity contribution in [1.29, 1.82) is 0 Å². The van der Waals surface area contributed by atoms with Crippen molar-refractivity contribution in [1.82, 2.24) is 24.2 Å². The maximum atomic E-state index is 14.2. The predicted octanol–water partition coefficient (Wildman–Crippen LogP) is 6.11. The number of rotatable bonds is 12. The molecule has 0 saturated carbocycles. The molecule has 1 saturated heterocycles. The molecule has 1 amide bonds. The normalized spacial score (nSPS) is 15.0. The highest BCUT2D eigenvalue weighted by Gasteiger charge is 2.36. The summed E-state index contributed by atoms with van der Waals surface area (Å²) >= 11 is 0. The topological polar surface area (TPSA) is 109 Å². The molecule has 3 aromatic heterocycles. The van der Waals surface area contributed by atoms with Crippen LogP contribution in [0, 0.1) is 25.6 Å². The average molecular weight is 670 g/mol. The van der Waals surface area contributed by atoms with Gasteiger partial charge in [-0.3, -0.25) is 14.4 Å². The second-order valence-corrected chi connectivity index (χ2v) is 13.0. The lowest BCUT2D eigenvalue weighted by Crippen LogP contribution is -2.41. The number of hydrogen-bond donors (Lipinski definition) is 2. The Labute approximate surface area is 275 Å². The van der Waals surface area contributed by atoms with Crippen molar-refractivity contribution in [2.75, 3.05) is 19.6 Å². The number of alkyl halides is 3. The molecule has 1 fully saturated rings. The molecule has 48 heavy (non-hydrogen) atoms. The number of carboxylic acids is 1. The zero-order valence-electron chi connectivity index (χ0n) is 27.3. The minimum Gasteiger partial charge on any atom is -0.481 e. The van der Waals surface area contributed by atoms with E-state index in [1.165, 1.54) is 12.1 Å². The summed E-state index contributed by atoms with van der Waals surface area (Å²) in [6.07, 6.45) is 1.87. The summed E-state index contributed by atoms with van der Waals surface area (Å²) in [5.74, 6) is -2.46. The molecule has 0 radical (unpaired) electrons. The van der Waals surface area contributed by atoms with Gasteiger partial charge in [0.25, 0.3) is 5.56 Å². The van der Waals surface area contributed by atoms with Crippen LogP contribution in [0.5, 0.6) is 0 Å². The van der Waals surface area contributed by atoms with E-state index in [4.69, 9.17) is 0 Å². The van der Waals surface area contributed by atoms with Crippen LogP contribution in [0.4, 0.5) is 17.6 Å². The van der Waals surface area contributed by atoms with Crippen LogP contribution in [-0.4, -0.2) is 55.5 Å². The summed E-state index contributed by atoms with van der Waals surface area (Å²) in [7, 11) is 0. The Morgan fingerprint density at radius 1 is 1.06 bits per heavy atom. The van der Waals surface area contributed by atoms with E-state index in [9.17, 15) is 37.1 Å². The second kappa shape index (κ2) is 13.9. The number of pyridine rings is 2. The van der Waals surface area contributed by atoms with Gasteiger partial charge in [-0.05, 0) is 98.1 Å². The van der Waals surface area contributed by atoms with Gasteiger partial charge >= 0.3 is 12.1 Å². The molecule has 2 atom stereocenters. The van der Waals surface area contributed by atoms with E-state index in [0.29, 0.717) is 46.1 Å². The van der Waals surface area contributed by atoms with Crippen molar-refractivity contribution in [3.8, 4) is 11.1 Å². The van der Waals surface area contributed by atoms with Gasteiger partial charge in [0.05, 0.1) is 18.0 Å². The van der Waals surface area contributed by atoms with Crippen molar-refractivity contribution in [3.63, 3.8) is 0 Å². The van der Waals surface area contributed by atoms with Gasteiger partial charge in [-0.1, -0.05) is 13.8 Å². The molecule has 0 spiro atoms. The molecule has 1 aliphatic heterocycles. The average Bonchev–Trinajstić information content (AvgIpc) is 3.43. The first-order chi connectivity index (χ1) is 22.6. The number of hydrogen-bond acceptors (Lipinski definition) is 5. The number of carboxylic acid groups (broad SMARTS) is 1. The van der Waals surface area contributed by atoms with Gasteiger partial charge in [-0.2, -0.15) is 13.2 Å². The van der Waals surface area contributed by atoms with E-state index >= 15 is 0 Å². The van der Waals surface area contributed by atoms with Crippen LogP contribution in [0.3, 0.4) is 0 Å². The largest absolute Gasteiger partial charge is 0.481 e. The van der Waals surface area contributed by atoms with Gasteiger partial charge in [0.1, 0.15) is 17.5 Å². The van der Waals surface area contributed by atoms with Gasteiger partial charge in [-0.25, -0.2) is 9.37 Å². The van der Waals surface area contributed by atoms with E-state index in [0.717, 1.165) is 30.3 Å². The van der Waals surface area contributed by atoms with Crippen molar-refractivity contribution in [2.24, 2.45) is 5.92 Å². The number of imidazole rings is 1. The van der Waals surface area contributed by atoms with Crippen LogP contribution >= 0.6 is 0 Å². The van der Waals surface area contributed by atoms with E-state index in [1.807, 2.05) is 18.7 Å². The van der Waals surface area contributed by atoms with Crippen LogP contribution in [0.15, 0.2) is 53.8 Å². The van der Waals surface area contributed by atoms with Crippen molar-refractivity contribution in [2.45, 2.75) is 71.6 Å². The molecule has 2 N–H and O–H groups in total. The summed E-state index contributed by atoms with van der Waals surface area (Å²) in [5.41, 5.74) is 1.44. The number of aromatic nitrogens is 3. The highest BCUT2D eigenvalue weighted by Crippen LogP contribution is 2.35. The fourth-order valence-electron chi connectivity index (χ4n) is 6.44. The molecule has 1 aliphatic rings. The zero-order valence-corrected chi connectivity index (χ0v) is 27.3. The quantitative estimate of drug-likeness (QED) is 0.177. The number of carbonyl (C=O) groups excluding carboxylic acids is 1. The maximum Gasteiger partial charge on any atom is 0.416 e. The standard InChI is InChI=1S/C35H39F4N5O4/c1-20(2)12-29(44-19-23(6-10-42-8-5-9-42)27(16-30(44)45)35(37,38)39)34(48)41-28(17-31(46)47)24-15-26(33-40-7-11-43(33)18-24)32-21(3)13-25(36)14-22(32)4/h7,11,13-16,18-20,28-29H,5-6,8-10,12,17H2,1-4H3,(H,41,48)(H,46,47)/t28-,29+/m1/s1. The minimum atomic E-state index is -4.75. The Morgan fingerprint density at radius 3 is 2.33 bits per heavy atom. The van der Waals surface area contributed by atoms with Gasteiger partial charge in [0.15, 0.2) is 0 Å². The number of nitrogens with zero attached hydrogens (tertiary/aromatic N) is 4. The molecule has 5 rings (SSSR count). The number of carbonyl (C=O) groups is 2. The van der Waals surface area contributed by atoms with Crippen LogP contribution < -0.4 is 10.9 Å². The lowest BCUT2D eigenvalue weighted by Gasteiger charge is -2.31. The molecule has 9 nitrogen and oxygen atoms in total. The molecule has 0 aliphatic carbocycles. The Hall–Kier alpha value is -4.52. The minimum absolute atomic E-state index is 0.0443. The third-order valence-electron chi connectivity index (χ3n) is 8.82. The van der Waals surface area contributed by atoms with Crippen LogP contribution in [0.2, 0.25) is 0 Å². The van der Waals surface area contributed by atoms with Gasteiger partial charge < -0.3 is 24.3 Å². The van der Waals surface area contributed by atoms with E-state index < -0.39 is 53.5 Å². The highest BCUT2D eigenvalue weighted by atomic mass is 19.4. The first-order valence-corrected chi connectivity index (χ1v) is 15.9. The number of aryl methyl sites for hydroxylation is 2. The fourth-order valence-corrected chi connectivity index (χ4v) is 6.44. The number of fused-ring (bicyclic) bond motifs is 1. The summed E-state index contributed by atoms with van der Waals surface area (Å²) in [4.78, 5) is 45.9. The Kier molecular flexibility index (Phi) is 10.1. The van der Waals surface area contributed by atoms with Crippen LogP contribution in [-0.2, 0) is 22.2 Å². The zero-order chi connectivity index (χ0) is 34.9. The first kappa shape index (κ1) is 34.8. The molecule has 256 valence electrons. The number of aliphatic carboxylic acids is 1. The predicted molar refractivity (Wildman–Crippen MR) is 172 cm³/mol. The van der Waals surface area contributed by atoms with E-state index in [-0.39, 0.29) is 24.3 Å². The summed E-state index contributed by atoms with van der Waals surface area (Å²) < 4.78 is 59.0. The number of nitrogens with one attached hydrogen (secondary N) is 1. The van der Waals surface area contributed by atoms with Gasteiger partial charge in [0, 0.05) is 43.0 Å². The summed E-state index contributed by atoms with van der Waals surface area (Å²) in [5, 5.41) is 12.7. The third kappa shape index (κ3) is 7.61. The fraction of sp³-hybridized carbons (Fsp3) is 0.429. The SMILES string of the molecule is Cc1cc(F)cc(C)c1-c1cc([C@@H](CC(=O)O)NC(=O)[C@H](CC(C)C)n2cc(CCN3CCC3)c(C(F)(F)F)cc2=O)cn2ccnc12. The van der Waals surface area contributed by atoms with E-state index in [2.05, 4.69) is 10.3 Å². The highest BCUT2D eigenvalue weighted by molar-refractivity contribution is 5.84. The number of likely N-dealkylation sites (tertiary alicyclic amines) is 1. The molecule has 13 heteroatoms. The summed E-state index contributed by atoms with van der Waals surface area (Å²) in [6.45, 7) is 9.11. The van der Waals surface area contributed by atoms with Crippen molar-refractivity contribution < 1.29 is 32.3 Å². The number of amides is 1. The Bertz CT molecular complexity index is 1870. The second-order valence-electron chi connectivity index (χ2n) is 13.0. The van der Waals surface area contributed by atoms with Crippen LogP contribution in [0.25, 0.3) is 16.8 Å². The number of halogens is 4. The van der Waals surface area contributed by atoms with Crippen molar-refractivity contribution >= 4 is 17.5 Å². The van der Waals surface area contributed by atoms with Gasteiger partial charge in [0.2, 0.25) is 5.91 Å². The first-order valence-electron chi connectivity index (χ1n) is 15.9. The molecule has 4 heterocycles. The monoisotopic (exact) mass is 669 g/mol. The van der Waals surface area contributed by atoms with Crippen LogP contribution in [0.1, 0.15) is 73.0 Å². The lowest BCUT2D eigenvalue weighted by atomic mass is 9.93. The molecular formula is C35H39F4N5O4. The molecule has 1 aromatic carbocycles. The Balaban J connectivity index is 1.56. The van der Waals surface area contributed by atoms with Gasteiger partial charge in [-0.15, -0.1) is 0 Å². The molecule has 4 aromatic rings. The lowest BCUT2D eigenvalue weighted by molar-refractivity contribution is -0.139. The van der Waals surface area contributed by atoms with E-state index in [1.54, 1.807) is 42.9 Å². The molecule has 0 unspecified atom stereocenters. The molecule has 0 bridgehead atoms. The smallest absolute Gasteiger partial charge is 0.416 e. The maximum absolute atomic E-state index is 14.2. The summed E-state index contributed by atoms with van der Waals surface area (Å²) in [6, 6.07) is 2.73. The number of benzene rings is 1. The third-order valence-corrected chi connectivity index (χ3v) is 8.82. The Morgan fingerprint density at radius 2 is 1.75 bits per heavy atom.